The predicted octanol–water partition coefficient (Wildman–Crippen LogP) is 2.45. The van der Waals surface area contributed by atoms with Gasteiger partial charge in [0.05, 0.1) is 38.0 Å². The van der Waals surface area contributed by atoms with Gasteiger partial charge in [-0.05, 0) is 24.3 Å². The Morgan fingerprint density at radius 3 is 2.15 bits per heavy atom. The molecule has 0 aliphatic heterocycles. The summed E-state index contributed by atoms with van der Waals surface area (Å²) in [5.74, 6) is 0.943. The van der Waals surface area contributed by atoms with Gasteiger partial charge in [-0.1, -0.05) is 0 Å². The number of nitro groups is 1. The van der Waals surface area contributed by atoms with Gasteiger partial charge in [-0.3, -0.25) is 14.4 Å². The molecule has 0 fully saturated rings. The van der Waals surface area contributed by atoms with Crippen LogP contribution in [-0.4, -0.2) is 41.7 Å². The molecule has 0 unspecified atom stereocenters. The second kappa shape index (κ2) is 7.48. The Morgan fingerprint density at radius 2 is 1.62 bits per heavy atom. The Bertz CT molecular complexity index is 928. The Kier molecular flexibility index (Phi) is 5.56. The summed E-state index contributed by atoms with van der Waals surface area (Å²) in [6, 6.07) is 8.07. The van der Waals surface area contributed by atoms with Crippen LogP contribution in [0.15, 0.2) is 41.3 Å². The summed E-state index contributed by atoms with van der Waals surface area (Å²) in [5.41, 5.74) is -0.315. The molecule has 0 radical (unpaired) electrons. The van der Waals surface area contributed by atoms with Crippen LogP contribution in [0.5, 0.6) is 17.2 Å². The van der Waals surface area contributed by atoms with Gasteiger partial charge in [-0.2, -0.15) is 0 Å². The summed E-state index contributed by atoms with van der Waals surface area (Å²) in [6.45, 7) is 0. The number of hydrogen-bond donors (Lipinski definition) is 0. The zero-order valence-electron chi connectivity index (χ0n) is 14.6. The van der Waals surface area contributed by atoms with Crippen LogP contribution in [0.25, 0.3) is 0 Å². The standard InChI is InChI=1S/C16H18N2O7S/c1-17(11-5-7-14(24-3)15(9-11)25-4)26(21,22)16-8-6-12(23-2)10-13(16)18(19)20/h5-10H,1-4H3. The summed E-state index contributed by atoms with van der Waals surface area (Å²) >= 11 is 0. The lowest BCUT2D eigenvalue weighted by atomic mass is 10.3. The zero-order chi connectivity index (χ0) is 19.5. The third-order valence-corrected chi connectivity index (χ3v) is 5.56. The van der Waals surface area contributed by atoms with Crippen LogP contribution in [0.1, 0.15) is 0 Å². The Hall–Kier alpha value is -3.01. The molecule has 26 heavy (non-hydrogen) atoms. The van der Waals surface area contributed by atoms with Gasteiger partial charge in [-0.15, -0.1) is 0 Å². The zero-order valence-corrected chi connectivity index (χ0v) is 15.4. The summed E-state index contributed by atoms with van der Waals surface area (Å²) in [7, 11) is 1.31. The first-order valence-electron chi connectivity index (χ1n) is 7.29. The lowest BCUT2D eigenvalue weighted by Crippen LogP contribution is -2.27. The summed E-state index contributed by atoms with van der Waals surface area (Å²) in [6.07, 6.45) is 0. The van der Waals surface area contributed by atoms with Gasteiger partial charge in [-0.25, -0.2) is 8.42 Å². The van der Waals surface area contributed by atoms with E-state index in [9.17, 15) is 18.5 Å². The quantitative estimate of drug-likeness (QED) is 0.534. The number of ether oxygens (including phenoxy) is 3. The molecule has 10 heteroatoms. The van der Waals surface area contributed by atoms with Crippen molar-refractivity contribution in [2.75, 3.05) is 32.7 Å². The predicted molar refractivity (Wildman–Crippen MR) is 94.8 cm³/mol. The molecule has 0 aliphatic rings. The third kappa shape index (κ3) is 3.49. The molecule has 0 atom stereocenters. The molecule has 0 aromatic heterocycles. The Labute approximate surface area is 150 Å². The Balaban J connectivity index is 2.55. The van der Waals surface area contributed by atoms with Crippen molar-refractivity contribution >= 4 is 21.4 Å². The van der Waals surface area contributed by atoms with E-state index in [4.69, 9.17) is 14.2 Å². The summed E-state index contributed by atoms with van der Waals surface area (Å²) < 4.78 is 42.0. The van der Waals surface area contributed by atoms with E-state index in [-0.39, 0.29) is 11.4 Å². The maximum atomic E-state index is 12.9. The van der Waals surface area contributed by atoms with Crippen LogP contribution in [0.2, 0.25) is 0 Å². The highest BCUT2D eigenvalue weighted by atomic mass is 32.2. The molecule has 0 spiro atoms. The highest BCUT2D eigenvalue weighted by Gasteiger charge is 2.31. The van der Waals surface area contributed by atoms with Crippen molar-refractivity contribution in [2.24, 2.45) is 0 Å². The van der Waals surface area contributed by atoms with Crippen molar-refractivity contribution < 1.29 is 27.6 Å². The summed E-state index contributed by atoms with van der Waals surface area (Å²) in [4.78, 5) is 10.1. The van der Waals surface area contributed by atoms with E-state index < -0.39 is 25.5 Å². The van der Waals surface area contributed by atoms with E-state index in [0.29, 0.717) is 11.5 Å². The van der Waals surface area contributed by atoms with E-state index in [2.05, 4.69) is 0 Å². The highest BCUT2D eigenvalue weighted by Crippen LogP contribution is 2.35. The second-order valence-corrected chi connectivity index (χ2v) is 7.04. The first-order chi connectivity index (χ1) is 12.3. The van der Waals surface area contributed by atoms with Gasteiger partial charge in [0.15, 0.2) is 16.4 Å². The lowest BCUT2D eigenvalue weighted by Gasteiger charge is -2.20. The molecule has 0 heterocycles. The molecule has 9 nitrogen and oxygen atoms in total. The fourth-order valence-electron chi connectivity index (χ4n) is 2.29. The number of methoxy groups -OCH3 is 3. The van der Waals surface area contributed by atoms with Gasteiger partial charge in [0, 0.05) is 13.1 Å². The molecule has 0 N–H and O–H groups in total. The van der Waals surface area contributed by atoms with Gasteiger partial charge >= 0.3 is 0 Å². The molecule has 0 amide bonds. The van der Waals surface area contributed by atoms with E-state index in [0.717, 1.165) is 16.4 Å². The SMILES string of the molecule is COc1ccc(S(=O)(=O)N(C)c2ccc(OC)c(OC)c2)c([N+](=O)[O-])c1. The number of anilines is 1. The number of nitrogens with zero attached hydrogens (tertiary/aromatic N) is 2. The highest BCUT2D eigenvalue weighted by molar-refractivity contribution is 7.93. The smallest absolute Gasteiger partial charge is 0.293 e. The van der Waals surface area contributed by atoms with Crippen LogP contribution >= 0.6 is 0 Å². The van der Waals surface area contributed by atoms with Crippen molar-refractivity contribution in [3.63, 3.8) is 0 Å². The van der Waals surface area contributed by atoms with Crippen molar-refractivity contribution in [3.8, 4) is 17.2 Å². The largest absolute Gasteiger partial charge is 0.497 e. The molecule has 0 aliphatic carbocycles. The van der Waals surface area contributed by atoms with Gasteiger partial charge in [0.2, 0.25) is 0 Å². The second-order valence-electron chi connectivity index (χ2n) is 5.10. The minimum Gasteiger partial charge on any atom is -0.497 e. The third-order valence-electron chi connectivity index (χ3n) is 3.73. The molecule has 0 saturated heterocycles. The van der Waals surface area contributed by atoms with Crippen LogP contribution in [0, 0.1) is 10.1 Å². The fraction of sp³-hybridized carbons (Fsp3) is 0.250. The van der Waals surface area contributed by atoms with Crippen LogP contribution < -0.4 is 18.5 Å². The van der Waals surface area contributed by atoms with Crippen molar-refractivity contribution in [2.45, 2.75) is 4.90 Å². The van der Waals surface area contributed by atoms with Crippen LogP contribution in [-0.2, 0) is 10.0 Å². The van der Waals surface area contributed by atoms with Gasteiger partial charge < -0.3 is 14.2 Å². The average molecular weight is 382 g/mol. The monoisotopic (exact) mass is 382 g/mol. The minimum atomic E-state index is -4.20. The van der Waals surface area contributed by atoms with Crippen LogP contribution in [0.4, 0.5) is 11.4 Å². The molecule has 2 aromatic rings. The molecule has 2 aromatic carbocycles. The maximum Gasteiger partial charge on any atom is 0.293 e. The number of benzene rings is 2. The topological polar surface area (TPSA) is 108 Å². The molecular weight excluding hydrogens is 364 g/mol. The molecular formula is C16H18N2O7S. The van der Waals surface area contributed by atoms with Crippen molar-refractivity contribution in [1.29, 1.82) is 0 Å². The molecule has 0 saturated carbocycles. The number of rotatable bonds is 7. The van der Waals surface area contributed by atoms with Crippen molar-refractivity contribution in [3.05, 3.63) is 46.5 Å². The van der Waals surface area contributed by atoms with E-state index in [1.54, 1.807) is 6.07 Å². The molecule has 140 valence electrons. The van der Waals surface area contributed by atoms with Crippen LogP contribution in [0.3, 0.4) is 0 Å². The average Bonchev–Trinajstić information content (AvgIpc) is 2.65. The normalized spacial score (nSPS) is 10.9. The maximum absolute atomic E-state index is 12.9. The van der Waals surface area contributed by atoms with E-state index in [1.807, 2.05) is 0 Å². The molecule has 2 rings (SSSR count). The molecule has 0 bridgehead atoms. The summed E-state index contributed by atoms with van der Waals surface area (Å²) in [5, 5.41) is 11.3. The fourth-order valence-corrected chi connectivity index (χ4v) is 3.62. The van der Waals surface area contributed by atoms with Gasteiger partial charge in [0.25, 0.3) is 15.7 Å². The number of nitro benzene ring substituents is 1. The van der Waals surface area contributed by atoms with E-state index in [1.165, 1.54) is 46.6 Å². The van der Waals surface area contributed by atoms with Crippen molar-refractivity contribution in [1.82, 2.24) is 0 Å². The number of hydrogen-bond acceptors (Lipinski definition) is 7. The van der Waals surface area contributed by atoms with E-state index >= 15 is 0 Å². The first kappa shape index (κ1) is 19.3. The Morgan fingerprint density at radius 1 is 0.962 bits per heavy atom. The minimum absolute atomic E-state index is 0.185. The first-order valence-corrected chi connectivity index (χ1v) is 8.73. The van der Waals surface area contributed by atoms with Gasteiger partial charge in [0.1, 0.15) is 5.75 Å². The number of sulfonamides is 1. The lowest BCUT2D eigenvalue weighted by molar-refractivity contribution is -0.387.